The molecule has 0 radical (unpaired) electrons. The quantitative estimate of drug-likeness (QED) is 0.681. The van der Waals surface area contributed by atoms with Gasteiger partial charge in [0.15, 0.2) is 11.5 Å². The monoisotopic (exact) mass is 463 g/mol. The fraction of sp³-hybridized carbons (Fsp3) is 0.520. The summed E-state index contributed by atoms with van der Waals surface area (Å²) in [6.45, 7) is 3.04. The molecule has 9 nitrogen and oxygen atoms in total. The highest BCUT2D eigenvalue weighted by Gasteiger charge is 2.34. The first-order valence-electron chi connectivity index (χ1n) is 12.3. The first kappa shape index (κ1) is 22.4. The van der Waals surface area contributed by atoms with Crippen LogP contribution in [-0.2, 0) is 0 Å². The Morgan fingerprint density at radius 2 is 1.82 bits per heavy atom. The molecule has 1 atom stereocenters. The predicted molar refractivity (Wildman–Crippen MR) is 131 cm³/mol. The zero-order chi connectivity index (χ0) is 23.7. The molecule has 2 saturated heterocycles. The molecule has 9 heteroatoms. The number of primary amides is 1. The van der Waals surface area contributed by atoms with E-state index in [2.05, 4.69) is 27.3 Å². The van der Waals surface area contributed by atoms with Crippen molar-refractivity contribution in [1.82, 2.24) is 19.8 Å². The van der Waals surface area contributed by atoms with E-state index in [4.69, 9.17) is 10.7 Å². The van der Waals surface area contributed by atoms with Crippen LogP contribution in [0.5, 0.6) is 0 Å². The standard InChI is InChI=1S/C25H33N7O2/c1-30-13-14-32(25(30)34)20-7-4-12-31(16-20)21-15-27-22(23(26)33)24(29-21)28-19-10-8-18(9-11-19)17-5-2-3-6-17/h8-11,15,17,20H,2-7,12-14,16H2,1H3,(H2,26,33)(H,28,29)/t20-/m1/s1. The maximum absolute atomic E-state index is 12.5. The summed E-state index contributed by atoms with van der Waals surface area (Å²) < 4.78 is 0. The average molecular weight is 464 g/mol. The molecule has 0 unspecified atom stereocenters. The molecule has 34 heavy (non-hydrogen) atoms. The molecular weight excluding hydrogens is 430 g/mol. The minimum atomic E-state index is -0.619. The number of carbonyl (C=O) groups is 2. The highest BCUT2D eigenvalue weighted by molar-refractivity contribution is 5.96. The van der Waals surface area contributed by atoms with Crippen LogP contribution >= 0.6 is 0 Å². The summed E-state index contributed by atoms with van der Waals surface area (Å²) in [4.78, 5) is 39.5. The highest BCUT2D eigenvalue weighted by Crippen LogP contribution is 2.34. The van der Waals surface area contributed by atoms with Gasteiger partial charge < -0.3 is 25.8 Å². The smallest absolute Gasteiger partial charge is 0.320 e. The number of piperidine rings is 1. The zero-order valence-corrected chi connectivity index (χ0v) is 19.7. The van der Waals surface area contributed by atoms with Gasteiger partial charge in [-0.3, -0.25) is 4.79 Å². The van der Waals surface area contributed by atoms with Crippen molar-refractivity contribution in [3.8, 4) is 0 Å². The van der Waals surface area contributed by atoms with Gasteiger partial charge in [-0.15, -0.1) is 0 Å². The Morgan fingerprint density at radius 3 is 2.50 bits per heavy atom. The van der Waals surface area contributed by atoms with Gasteiger partial charge in [0.25, 0.3) is 5.91 Å². The number of likely N-dealkylation sites (N-methyl/N-ethyl adjacent to an activating group) is 1. The van der Waals surface area contributed by atoms with Crippen molar-refractivity contribution in [2.75, 3.05) is 43.4 Å². The number of hydrogen-bond acceptors (Lipinski definition) is 6. The number of hydrogen-bond donors (Lipinski definition) is 2. The Kier molecular flexibility index (Phi) is 6.26. The van der Waals surface area contributed by atoms with Gasteiger partial charge in [-0.2, -0.15) is 0 Å². The second kappa shape index (κ2) is 9.48. The first-order chi connectivity index (χ1) is 16.5. The molecular formula is C25H33N7O2. The van der Waals surface area contributed by atoms with Crippen LogP contribution in [0.2, 0.25) is 0 Å². The molecule has 5 rings (SSSR count). The van der Waals surface area contributed by atoms with E-state index in [0.29, 0.717) is 24.1 Å². The lowest BCUT2D eigenvalue weighted by molar-refractivity contribution is 0.0996. The number of anilines is 3. The molecule has 2 aliphatic heterocycles. The predicted octanol–water partition coefficient (Wildman–Crippen LogP) is 3.31. The number of rotatable bonds is 6. The molecule has 3 aliphatic rings. The number of aromatic nitrogens is 2. The van der Waals surface area contributed by atoms with Crippen molar-refractivity contribution >= 4 is 29.3 Å². The third kappa shape index (κ3) is 4.51. The topological polar surface area (TPSA) is 108 Å². The first-order valence-corrected chi connectivity index (χ1v) is 12.3. The summed E-state index contributed by atoms with van der Waals surface area (Å²) >= 11 is 0. The molecule has 3 fully saturated rings. The molecule has 3 N–H and O–H groups in total. The molecule has 1 saturated carbocycles. The Hall–Kier alpha value is -3.36. The molecule has 3 amide bonds. The van der Waals surface area contributed by atoms with E-state index < -0.39 is 5.91 Å². The SMILES string of the molecule is CN1CCN([C@@H]2CCCN(c3cnc(C(N)=O)c(Nc4ccc(C5CCCC5)cc4)n3)C2)C1=O. The molecule has 3 heterocycles. The number of amides is 3. The van der Waals surface area contributed by atoms with E-state index in [1.54, 1.807) is 11.1 Å². The van der Waals surface area contributed by atoms with Crippen LogP contribution in [0.1, 0.15) is 60.5 Å². The van der Waals surface area contributed by atoms with Crippen LogP contribution in [-0.4, -0.2) is 71.0 Å². The maximum atomic E-state index is 12.5. The van der Waals surface area contributed by atoms with Gasteiger partial charge >= 0.3 is 6.03 Å². The van der Waals surface area contributed by atoms with E-state index in [1.807, 2.05) is 24.1 Å². The molecule has 2 aromatic rings. The Morgan fingerprint density at radius 1 is 1.06 bits per heavy atom. The number of nitrogens with zero attached hydrogens (tertiary/aromatic N) is 5. The summed E-state index contributed by atoms with van der Waals surface area (Å²) in [6.07, 6.45) is 8.65. The van der Waals surface area contributed by atoms with E-state index in [-0.39, 0.29) is 17.8 Å². The van der Waals surface area contributed by atoms with Gasteiger partial charge in [-0.25, -0.2) is 14.8 Å². The summed E-state index contributed by atoms with van der Waals surface area (Å²) in [5.41, 5.74) is 7.92. The van der Waals surface area contributed by atoms with E-state index in [9.17, 15) is 9.59 Å². The van der Waals surface area contributed by atoms with Crippen LogP contribution in [0.3, 0.4) is 0 Å². The van der Waals surface area contributed by atoms with Crippen molar-refractivity contribution in [3.05, 3.63) is 41.7 Å². The van der Waals surface area contributed by atoms with Gasteiger partial charge in [0.1, 0.15) is 5.82 Å². The number of nitrogens with two attached hydrogens (primary N) is 1. The van der Waals surface area contributed by atoms with Crippen molar-refractivity contribution < 1.29 is 9.59 Å². The lowest BCUT2D eigenvalue weighted by Crippen LogP contribution is -2.49. The van der Waals surface area contributed by atoms with Crippen LogP contribution in [0.15, 0.2) is 30.5 Å². The van der Waals surface area contributed by atoms with Crippen molar-refractivity contribution in [2.45, 2.75) is 50.5 Å². The maximum Gasteiger partial charge on any atom is 0.320 e. The molecule has 0 spiro atoms. The normalized spacial score (nSPS) is 21.4. The van der Waals surface area contributed by atoms with Crippen molar-refractivity contribution in [2.24, 2.45) is 5.73 Å². The van der Waals surface area contributed by atoms with Crippen LogP contribution in [0.4, 0.5) is 22.1 Å². The summed E-state index contributed by atoms with van der Waals surface area (Å²) in [5, 5.41) is 3.26. The average Bonchev–Trinajstić information content (AvgIpc) is 3.50. The Labute approximate surface area is 200 Å². The minimum Gasteiger partial charge on any atom is -0.364 e. The fourth-order valence-electron chi connectivity index (χ4n) is 5.46. The molecule has 0 bridgehead atoms. The lowest BCUT2D eigenvalue weighted by atomic mass is 9.98. The van der Waals surface area contributed by atoms with E-state index >= 15 is 0 Å². The van der Waals surface area contributed by atoms with Crippen LogP contribution < -0.4 is 16.0 Å². The fourth-order valence-corrected chi connectivity index (χ4v) is 5.46. The summed E-state index contributed by atoms with van der Waals surface area (Å²) in [7, 11) is 1.84. The summed E-state index contributed by atoms with van der Waals surface area (Å²) in [5.74, 6) is 1.07. The second-order valence-corrected chi connectivity index (χ2v) is 9.66. The van der Waals surface area contributed by atoms with Gasteiger partial charge in [0, 0.05) is 38.9 Å². The highest BCUT2D eigenvalue weighted by atomic mass is 16.2. The van der Waals surface area contributed by atoms with E-state index in [1.165, 1.54) is 31.2 Å². The molecule has 1 aromatic heterocycles. The third-order valence-corrected chi connectivity index (χ3v) is 7.40. The van der Waals surface area contributed by atoms with Crippen molar-refractivity contribution in [1.29, 1.82) is 0 Å². The number of benzene rings is 1. The zero-order valence-electron chi connectivity index (χ0n) is 19.7. The van der Waals surface area contributed by atoms with Gasteiger partial charge in [0.2, 0.25) is 0 Å². The minimum absolute atomic E-state index is 0.0883. The Balaban J connectivity index is 1.34. The van der Waals surface area contributed by atoms with Crippen molar-refractivity contribution in [3.63, 3.8) is 0 Å². The molecule has 180 valence electrons. The largest absolute Gasteiger partial charge is 0.364 e. The number of urea groups is 1. The van der Waals surface area contributed by atoms with Gasteiger partial charge in [-0.05, 0) is 49.3 Å². The third-order valence-electron chi connectivity index (χ3n) is 7.40. The van der Waals surface area contributed by atoms with E-state index in [0.717, 1.165) is 38.2 Å². The molecule has 1 aromatic carbocycles. The van der Waals surface area contributed by atoms with Gasteiger partial charge in [-0.1, -0.05) is 25.0 Å². The number of carbonyl (C=O) groups excluding carboxylic acids is 2. The van der Waals surface area contributed by atoms with Crippen LogP contribution in [0.25, 0.3) is 0 Å². The van der Waals surface area contributed by atoms with Gasteiger partial charge in [0.05, 0.1) is 12.2 Å². The molecule has 1 aliphatic carbocycles. The summed E-state index contributed by atoms with van der Waals surface area (Å²) in [6, 6.07) is 8.59. The Bertz CT molecular complexity index is 1050. The van der Waals surface area contributed by atoms with Crippen LogP contribution in [0, 0.1) is 0 Å². The number of nitrogens with one attached hydrogen (secondary N) is 1. The second-order valence-electron chi connectivity index (χ2n) is 9.66. The lowest BCUT2D eigenvalue weighted by Gasteiger charge is -2.37.